The average Bonchev–Trinajstić information content (AvgIpc) is 2.54. The maximum Gasteiger partial charge on any atom is 0.237 e. The zero-order valence-electron chi connectivity index (χ0n) is 12.6. The molecule has 3 heterocycles. The van der Waals surface area contributed by atoms with Crippen molar-refractivity contribution in [2.75, 3.05) is 30.7 Å². The summed E-state index contributed by atoms with van der Waals surface area (Å²) in [6.07, 6.45) is 2.11. The van der Waals surface area contributed by atoms with Crippen molar-refractivity contribution in [3.05, 3.63) is 11.6 Å². The molecule has 0 radical (unpaired) electrons. The summed E-state index contributed by atoms with van der Waals surface area (Å²) >= 11 is 1.22. The molecule has 1 amide bonds. The molecule has 3 rings (SSSR count). The van der Waals surface area contributed by atoms with Crippen molar-refractivity contribution in [3.63, 3.8) is 0 Å². The smallest absolute Gasteiger partial charge is 0.237 e. The zero-order chi connectivity index (χ0) is 15.5. The van der Waals surface area contributed by atoms with Gasteiger partial charge in [0.1, 0.15) is 10.7 Å². The Balaban J connectivity index is 1.61. The lowest BCUT2D eigenvalue weighted by atomic mass is 10.1. The molecule has 0 atom stereocenters. The molecule has 0 unspecified atom stereocenters. The Morgan fingerprint density at radius 1 is 1.41 bits per heavy atom. The van der Waals surface area contributed by atoms with Gasteiger partial charge in [0.2, 0.25) is 11.9 Å². The lowest BCUT2D eigenvalue weighted by Gasteiger charge is -2.31. The van der Waals surface area contributed by atoms with E-state index in [4.69, 9.17) is 0 Å². The molecule has 6 nitrogen and oxygen atoms in total. The third kappa shape index (κ3) is 3.56. The second-order valence-electron chi connectivity index (χ2n) is 5.54. The largest absolute Gasteiger partial charge is 0.308 e. The number of hydrogen-bond donors (Lipinski definition) is 2. The van der Waals surface area contributed by atoms with Gasteiger partial charge >= 0.3 is 0 Å². The minimum Gasteiger partial charge on any atom is -0.308 e. The molecule has 0 spiro atoms. The molecule has 0 aromatic carbocycles. The highest BCUT2D eigenvalue weighted by molar-refractivity contribution is 8.00. The highest BCUT2D eigenvalue weighted by atomic mass is 32.2. The number of fused-ring (bicyclic) bond motifs is 1. The number of anilines is 1. The van der Waals surface area contributed by atoms with E-state index < -0.39 is 5.95 Å². The van der Waals surface area contributed by atoms with Crippen LogP contribution in [0.15, 0.2) is 5.03 Å². The van der Waals surface area contributed by atoms with Crippen LogP contribution in [-0.4, -0.2) is 52.2 Å². The number of rotatable bonds is 4. The molecule has 0 bridgehead atoms. The number of piperidine rings is 1. The summed E-state index contributed by atoms with van der Waals surface area (Å²) < 4.78 is 14.0. The van der Waals surface area contributed by atoms with E-state index in [0.29, 0.717) is 23.4 Å². The molecule has 120 valence electrons. The molecule has 1 aromatic heterocycles. The predicted octanol–water partition coefficient (Wildman–Crippen LogP) is 1.23. The number of carbonyl (C=O) groups excluding carboxylic acids is 1. The normalized spacial score (nSPS) is 19.8. The highest BCUT2D eigenvalue weighted by Gasteiger charge is 2.22. The summed E-state index contributed by atoms with van der Waals surface area (Å²) in [6.45, 7) is 5.72. The number of nitrogens with zero attached hydrogens (tertiary/aromatic N) is 3. The van der Waals surface area contributed by atoms with Gasteiger partial charge in [-0.1, -0.05) is 18.7 Å². The van der Waals surface area contributed by atoms with Gasteiger partial charge in [0.15, 0.2) is 5.82 Å². The Hall–Kier alpha value is -1.25. The van der Waals surface area contributed by atoms with Crippen LogP contribution >= 0.6 is 11.8 Å². The van der Waals surface area contributed by atoms with Gasteiger partial charge in [-0.3, -0.25) is 4.79 Å². The molecular formula is C14H20FN5OS. The van der Waals surface area contributed by atoms with Crippen molar-refractivity contribution >= 4 is 23.5 Å². The fourth-order valence-electron chi connectivity index (χ4n) is 2.73. The number of carbonyl (C=O) groups is 1. The number of amides is 1. The molecule has 1 fully saturated rings. The van der Waals surface area contributed by atoms with Gasteiger partial charge in [0.05, 0.1) is 5.75 Å². The Labute approximate surface area is 133 Å². The number of likely N-dealkylation sites (tertiary alicyclic amines) is 1. The minimum atomic E-state index is -0.555. The number of halogens is 1. The van der Waals surface area contributed by atoms with Crippen LogP contribution in [0.5, 0.6) is 0 Å². The fourth-order valence-corrected chi connectivity index (χ4v) is 3.44. The average molecular weight is 325 g/mol. The molecule has 0 aliphatic carbocycles. The van der Waals surface area contributed by atoms with E-state index in [1.165, 1.54) is 11.8 Å². The summed E-state index contributed by atoms with van der Waals surface area (Å²) in [5.41, 5.74) is 0.263. The van der Waals surface area contributed by atoms with Crippen molar-refractivity contribution in [1.29, 1.82) is 0 Å². The van der Waals surface area contributed by atoms with Crippen molar-refractivity contribution in [1.82, 2.24) is 20.2 Å². The molecule has 0 saturated carbocycles. The standard InChI is InChI=1S/C14H20FN5OS/c1-2-20-5-3-9(4-6-20)16-7-10-12(15)19-14-13(17-10)18-11(21)8-22-14/h9,16H,2-8H2,1H3,(H,17,18,21). The van der Waals surface area contributed by atoms with Crippen LogP contribution in [0.3, 0.4) is 0 Å². The monoisotopic (exact) mass is 325 g/mol. The van der Waals surface area contributed by atoms with Crippen LogP contribution in [0, 0.1) is 5.95 Å². The Kier molecular flexibility index (Phi) is 4.90. The second-order valence-corrected chi connectivity index (χ2v) is 6.51. The summed E-state index contributed by atoms with van der Waals surface area (Å²) in [4.78, 5) is 21.9. The van der Waals surface area contributed by atoms with E-state index in [-0.39, 0.29) is 17.4 Å². The van der Waals surface area contributed by atoms with Crippen molar-refractivity contribution < 1.29 is 9.18 Å². The van der Waals surface area contributed by atoms with Gasteiger partial charge in [0, 0.05) is 12.6 Å². The number of nitrogens with one attached hydrogen (secondary N) is 2. The van der Waals surface area contributed by atoms with Gasteiger partial charge in [0.25, 0.3) is 0 Å². The molecule has 22 heavy (non-hydrogen) atoms. The summed E-state index contributed by atoms with van der Waals surface area (Å²) in [6, 6.07) is 0.379. The third-order valence-corrected chi connectivity index (χ3v) is 5.04. The third-order valence-electron chi connectivity index (χ3n) is 4.08. The van der Waals surface area contributed by atoms with Crippen LogP contribution in [0.1, 0.15) is 25.5 Å². The first-order chi connectivity index (χ1) is 10.7. The zero-order valence-corrected chi connectivity index (χ0v) is 13.4. The minimum absolute atomic E-state index is 0.121. The molecule has 2 aliphatic heterocycles. The summed E-state index contributed by atoms with van der Waals surface area (Å²) in [7, 11) is 0. The lowest BCUT2D eigenvalue weighted by Crippen LogP contribution is -2.42. The molecule has 1 aromatic rings. The van der Waals surface area contributed by atoms with Crippen LogP contribution in [-0.2, 0) is 11.3 Å². The van der Waals surface area contributed by atoms with E-state index in [0.717, 1.165) is 32.5 Å². The summed E-state index contributed by atoms with van der Waals surface area (Å²) in [5.74, 6) is -0.0419. The van der Waals surface area contributed by atoms with Gasteiger partial charge in [-0.15, -0.1) is 0 Å². The van der Waals surface area contributed by atoms with Crippen molar-refractivity contribution in [2.45, 2.75) is 37.4 Å². The number of aromatic nitrogens is 2. The van der Waals surface area contributed by atoms with E-state index in [9.17, 15) is 9.18 Å². The van der Waals surface area contributed by atoms with Gasteiger partial charge in [-0.2, -0.15) is 4.39 Å². The SMILES string of the molecule is CCN1CCC(NCc2nc3c(nc2F)SCC(=O)N3)CC1. The first-order valence-electron chi connectivity index (χ1n) is 7.60. The van der Waals surface area contributed by atoms with E-state index >= 15 is 0 Å². The van der Waals surface area contributed by atoms with E-state index in [2.05, 4.69) is 32.4 Å². The fraction of sp³-hybridized carbons (Fsp3) is 0.643. The molecular weight excluding hydrogens is 305 g/mol. The van der Waals surface area contributed by atoms with Crippen molar-refractivity contribution in [2.24, 2.45) is 0 Å². The Bertz CT molecular complexity index is 562. The molecule has 1 saturated heterocycles. The van der Waals surface area contributed by atoms with Crippen LogP contribution in [0.25, 0.3) is 0 Å². The maximum atomic E-state index is 14.0. The maximum absolute atomic E-state index is 14.0. The number of hydrogen-bond acceptors (Lipinski definition) is 6. The van der Waals surface area contributed by atoms with Crippen molar-refractivity contribution in [3.8, 4) is 0 Å². The predicted molar refractivity (Wildman–Crippen MR) is 83.3 cm³/mol. The molecule has 2 N–H and O–H groups in total. The van der Waals surface area contributed by atoms with Crippen LogP contribution in [0.2, 0.25) is 0 Å². The molecule has 8 heteroatoms. The Morgan fingerprint density at radius 2 is 2.18 bits per heavy atom. The van der Waals surface area contributed by atoms with Crippen LogP contribution in [0.4, 0.5) is 10.2 Å². The van der Waals surface area contributed by atoms with Gasteiger partial charge < -0.3 is 15.5 Å². The Morgan fingerprint density at radius 3 is 2.91 bits per heavy atom. The second kappa shape index (κ2) is 6.89. The van der Waals surface area contributed by atoms with Crippen LogP contribution < -0.4 is 10.6 Å². The topological polar surface area (TPSA) is 70.1 Å². The van der Waals surface area contributed by atoms with E-state index in [1.807, 2.05) is 0 Å². The molecule has 2 aliphatic rings. The van der Waals surface area contributed by atoms with Gasteiger partial charge in [-0.25, -0.2) is 9.97 Å². The quantitative estimate of drug-likeness (QED) is 0.868. The summed E-state index contributed by atoms with van der Waals surface area (Å²) in [5, 5.41) is 6.45. The number of thioether (sulfide) groups is 1. The first kappa shape index (κ1) is 15.6. The van der Waals surface area contributed by atoms with Gasteiger partial charge in [-0.05, 0) is 32.5 Å². The lowest BCUT2D eigenvalue weighted by molar-refractivity contribution is -0.113. The highest BCUT2D eigenvalue weighted by Crippen LogP contribution is 2.28. The van der Waals surface area contributed by atoms with E-state index in [1.54, 1.807) is 0 Å². The first-order valence-corrected chi connectivity index (χ1v) is 8.59.